The van der Waals surface area contributed by atoms with E-state index in [4.69, 9.17) is 4.74 Å². The fraction of sp³-hybridized carbons (Fsp3) is 0.211. The third-order valence-corrected chi connectivity index (χ3v) is 4.88. The van der Waals surface area contributed by atoms with Crippen molar-refractivity contribution in [2.24, 2.45) is 0 Å². The van der Waals surface area contributed by atoms with Gasteiger partial charge in [0.2, 0.25) is 5.91 Å². The molecule has 128 valence electrons. The molecule has 0 fully saturated rings. The van der Waals surface area contributed by atoms with Crippen molar-refractivity contribution in [1.29, 1.82) is 0 Å². The number of carbonyl (C=O) groups is 3. The lowest BCUT2D eigenvalue weighted by Crippen LogP contribution is -2.21. The highest BCUT2D eigenvalue weighted by molar-refractivity contribution is 8.00. The molecular weight excluding hydrogens is 338 g/mol. The number of carbonyl (C=O) groups excluding carboxylic acids is 3. The Hall–Kier alpha value is -2.60. The van der Waals surface area contributed by atoms with Crippen LogP contribution in [0.5, 0.6) is 0 Å². The van der Waals surface area contributed by atoms with E-state index >= 15 is 0 Å². The van der Waals surface area contributed by atoms with Gasteiger partial charge in [0.15, 0.2) is 12.4 Å². The molecule has 0 saturated carbocycles. The van der Waals surface area contributed by atoms with E-state index in [1.807, 2.05) is 30.3 Å². The monoisotopic (exact) mass is 355 g/mol. The Kier molecular flexibility index (Phi) is 5.19. The molecule has 0 spiro atoms. The van der Waals surface area contributed by atoms with Crippen LogP contribution in [0.15, 0.2) is 53.4 Å². The minimum atomic E-state index is -0.430. The lowest BCUT2D eigenvalue weighted by molar-refractivity contribution is -0.141. The summed E-state index contributed by atoms with van der Waals surface area (Å²) in [6.07, 6.45) is 0.265. The Morgan fingerprint density at radius 2 is 1.96 bits per heavy atom. The summed E-state index contributed by atoms with van der Waals surface area (Å²) >= 11 is 1.38. The van der Waals surface area contributed by atoms with E-state index in [0.717, 1.165) is 16.1 Å². The van der Waals surface area contributed by atoms with Crippen molar-refractivity contribution in [2.45, 2.75) is 23.5 Å². The first-order valence-electron chi connectivity index (χ1n) is 7.87. The van der Waals surface area contributed by atoms with E-state index in [2.05, 4.69) is 5.32 Å². The quantitative estimate of drug-likeness (QED) is 0.490. The van der Waals surface area contributed by atoms with Gasteiger partial charge in [-0.15, -0.1) is 11.8 Å². The molecule has 0 saturated heterocycles. The van der Waals surface area contributed by atoms with Crippen molar-refractivity contribution in [2.75, 3.05) is 11.9 Å². The molecule has 0 aromatic heterocycles. The fourth-order valence-electron chi connectivity index (χ4n) is 2.49. The molecule has 0 aliphatic carbocycles. The second kappa shape index (κ2) is 7.53. The standard InChI is InChI=1S/C19H17NO4S/c1-12(25-15-5-3-2-4-6-15)19(23)24-11-17(21)13-7-8-16-14(9-13)10-18(22)20-16/h2-9,12H,10-11H2,1H3,(H,20,22)/t12-/m0/s1. The molecule has 5 nitrogen and oxygen atoms in total. The molecule has 1 amide bonds. The Bertz CT molecular complexity index is 819. The predicted molar refractivity (Wildman–Crippen MR) is 95.8 cm³/mol. The fourth-order valence-corrected chi connectivity index (χ4v) is 3.38. The third-order valence-electron chi connectivity index (χ3n) is 3.79. The van der Waals surface area contributed by atoms with Crippen LogP contribution in [0.25, 0.3) is 0 Å². The van der Waals surface area contributed by atoms with E-state index in [9.17, 15) is 14.4 Å². The maximum Gasteiger partial charge on any atom is 0.319 e. The highest BCUT2D eigenvalue weighted by Gasteiger charge is 2.21. The molecule has 3 rings (SSSR count). The van der Waals surface area contributed by atoms with E-state index in [1.54, 1.807) is 25.1 Å². The number of anilines is 1. The molecule has 0 unspecified atom stereocenters. The van der Waals surface area contributed by atoms with Crippen molar-refractivity contribution in [3.05, 3.63) is 59.7 Å². The summed E-state index contributed by atoms with van der Waals surface area (Å²) in [5.41, 5.74) is 1.95. The molecular formula is C19H17NO4S. The first-order valence-corrected chi connectivity index (χ1v) is 8.75. The third kappa shape index (κ3) is 4.28. The number of ketones is 1. The number of esters is 1. The highest BCUT2D eigenvalue weighted by Crippen LogP contribution is 2.25. The van der Waals surface area contributed by atoms with Gasteiger partial charge in [0.1, 0.15) is 5.25 Å². The maximum atomic E-state index is 12.2. The number of benzene rings is 2. The maximum absolute atomic E-state index is 12.2. The van der Waals surface area contributed by atoms with Gasteiger partial charge in [0, 0.05) is 16.1 Å². The molecule has 0 radical (unpaired) electrons. The number of fused-ring (bicyclic) bond motifs is 1. The normalized spacial score (nSPS) is 13.7. The van der Waals surface area contributed by atoms with Crippen LogP contribution in [0.1, 0.15) is 22.8 Å². The Balaban J connectivity index is 1.54. The number of nitrogens with one attached hydrogen (secondary N) is 1. The molecule has 25 heavy (non-hydrogen) atoms. The first kappa shape index (κ1) is 17.2. The molecule has 6 heteroatoms. The van der Waals surface area contributed by atoms with Crippen LogP contribution in [0.2, 0.25) is 0 Å². The van der Waals surface area contributed by atoms with E-state index < -0.39 is 11.2 Å². The molecule has 1 atom stereocenters. The minimum Gasteiger partial charge on any atom is -0.456 e. The Labute approximate surface area is 149 Å². The lowest BCUT2D eigenvalue weighted by atomic mass is 10.1. The summed E-state index contributed by atoms with van der Waals surface area (Å²) in [6.45, 7) is 1.44. The molecule has 1 heterocycles. The zero-order valence-corrected chi connectivity index (χ0v) is 14.5. The summed E-state index contributed by atoms with van der Waals surface area (Å²) in [4.78, 5) is 36.6. The minimum absolute atomic E-state index is 0.0854. The van der Waals surface area contributed by atoms with Crippen LogP contribution in [-0.4, -0.2) is 29.5 Å². The van der Waals surface area contributed by atoms with Gasteiger partial charge >= 0.3 is 5.97 Å². The number of ether oxygens (including phenoxy) is 1. The smallest absolute Gasteiger partial charge is 0.319 e. The zero-order chi connectivity index (χ0) is 17.8. The van der Waals surface area contributed by atoms with Gasteiger partial charge in [-0.1, -0.05) is 18.2 Å². The van der Waals surface area contributed by atoms with Crippen molar-refractivity contribution in [3.8, 4) is 0 Å². The summed E-state index contributed by atoms with van der Waals surface area (Å²) in [5.74, 6) is -0.801. The average Bonchev–Trinajstić information content (AvgIpc) is 2.99. The van der Waals surface area contributed by atoms with Crippen molar-refractivity contribution >= 4 is 35.1 Å². The SMILES string of the molecule is C[C@H](Sc1ccccc1)C(=O)OCC(=O)c1ccc2c(c1)CC(=O)N2. The van der Waals surface area contributed by atoms with Gasteiger partial charge in [0.05, 0.1) is 6.42 Å². The molecule has 1 N–H and O–H groups in total. The van der Waals surface area contributed by atoms with Crippen LogP contribution in [0.3, 0.4) is 0 Å². The van der Waals surface area contributed by atoms with Gasteiger partial charge in [-0.05, 0) is 42.8 Å². The van der Waals surface area contributed by atoms with E-state index in [1.165, 1.54) is 11.8 Å². The number of rotatable bonds is 6. The second-order valence-electron chi connectivity index (χ2n) is 5.70. The van der Waals surface area contributed by atoms with Crippen molar-refractivity contribution in [1.82, 2.24) is 0 Å². The van der Waals surface area contributed by atoms with Gasteiger partial charge in [-0.2, -0.15) is 0 Å². The van der Waals surface area contributed by atoms with Crippen molar-refractivity contribution < 1.29 is 19.1 Å². The number of hydrogen-bond donors (Lipinski definition) is 1. The van der Waals surface area contributed by atoms with Gasteiger partial charge in [-0.25, -0.2) is 0 Å². The van der Waals surface area contributed by atoms with Crippen LogP contribution >= 0.6 is 11.8 Å². The lowest BCUT2D eigenvalue weighted by Gasteiger charge is -2.11. The number of amides is 1. The molecule has 1 aliphatic rings. The Morgan fingerprint density at radius 1 is 1.20 bits per heavy atom. The first-order chi connectivity index (χ1) is 12.0. The van der Waals surface area contributed by atoms with Crippen LogP contribution in [-0.2, 0) is 20.7 Å². The summed E-state index contributed by atoms with van der Waals surface area (Å²) < 4.78 is 5.14. The molecule has 1 aliphatic heterocycles. The van der Waals surface area contributed by atoms with Gasteiger partial charge in [-0.3, -0.25) is 14.4 Å². The molecule has 0 bridgehead atoms. The highest BCUT2D eigenvalue weighted by atomic mass is 32.2. The average molecular weight is 355 g/mol. The van der Waals surface area contributed by atoms with E-state index in [-0.39, 0.29) is 24.7 Å². The van der Waals surface area contributed by atoms with E-state index in [0.29, 0.717) is 5.56 Å². The molecule has 2 aromatic rings. The van der Waals surface area contributed by atoms with Crippen LogP contribution in [0, 0.1) is 0 Å². The Morgan fingerprint density at radius 3 is 2.72 bits per heavy atom. The number of Topliss-reactive ketones (excluding diaryl/α,β-unsaturated/α-hetero) is 1. The topological polar surface area (TPSA) is 72.5 Å². The second-order valence-corrected chi connectivity index (χ2v) is 7.12. The van der Waals surface area contributed by atoms with Crippen LogP contribution < -0.4 is 5.32 Å². The summed E-state index contributed by atoms with van der Waals surface area (Å²) in [6, 6.07) is 14.5. The molecule has 2 aromatic carbocycles. The summed E-state index contributed by atoms with van der Waals surface area (Å²) in [7, 11) is 0. The predicted octanol–water partition coefficient (Wildman–Crippen LogP) is 3.09. The zero-order valence-electron chi connectivity index (χ0n) is 13.7. The van der Waals surface area contributed by atoms with Crippen molar-refractivity contribution in [3.63, 3.8) is 0 Å². The largest absolute Gasteiger partial charge is 0.456 e. The van der Waals surface area contributed by atoms with Gasteiger partial charge in [0.25, 0.3) is 0 Å². The number of hydrogen-bond acceptors (Lipinski definition) is 5. The summed E-state index contributed by atoms with van der Waals surface area (Å²) in [5, 5.41) is 2.31. The number of thioether (sulfide) groups is 1. The van der Waals surface area contributed by atoms with Crippen LogP contribution in [0.4, 0.5) is 5.69 Å². The van der Waals surface area contributed by atoms with Gasteiger partial charge < -0.3 is 10.1 Å².